The average molecular weight is 301 g/mol. The Hall–Kier alpha value is -2.14. The lowest BCUT2D eigenvalue weighted by Crippen LogP contribution is -2.43. The maximum atomic E-state index is 11.8. The monoisotopic (exact) mass is 301 g/mol. The standard InChI is InChI=1S/C17H23N3O2/c1-13(2)17(22)18-10-16(21)19-15-8-9-20(12-15)11-14-6-4-3-5-7-14/h3-7,15H,1,8-12H2,2H3,(H,18,22)(H,19,21). The molecule has 0 aliphatic carbocycles. The molecule has 0 aromatic heterocycles. The normalized spacial score (nSPS) is 18.0. The number of amides is 2. The third kappa shape index (κ3) is 5.00. The van der Waals surface area contributed by atoms with E-state index in [2.05, 4.69) is 34.2 Å². The zero-order valence-corrected chi connectivity index (χ0v) is 13.0. The summed E-state index contributed by atoms with van der Waals surface area (Å²) in [5.74, 6) is -0.437. The number of nitrogens with zero attached hydrogens (tertiary/aromatic N) is 1. The summed E-state index contributed by atoms with van der Waals surface area (Å²) in [6.07, 6.45) is 0.938. The van der Waals surface area contributed by atoms with Gasteiger partial charge in [0.05, 0.1) is 6.54 Å². The van der Waals surface area contributed by atoms with E-state index in [0.717, 1.165) is 26.1 Å². The van der Waals surface area contributed by atoms with Crippen LogP contribution in [0.2, 0.25) is 0 Å². The van der Waals surface area contributed by atoms with Gasteiger partial charge in [-0.05, 0) is 18.9 Å². The van der Waals surface area contributed by atoms with E-state index in [1.54, 1.807) is 6.92 Å². The molecule has 5 heteroatoms. The molecule has 22 heavy (non-hydrogen) atoms. The summed E-state index contributed by atoms with van der Waals surface area (Å²) in [4.78, 5) is 25.5. The van der Waals surface area contributed by atoms with Crippen LogP contribution in [-0.2, 0) is 16.1 Å². The van der Waals surface area contributed by atoms with Gasteiger partial charge in [0.25, 0.3) is 0 Å². The van der Waals surface area contributed by atoms with Gasteiger partial charge in [0.15, 0.2) is 0 Å². The highest BCUT2D eigenvalue weighted by Crippen LogP contribution is 2.13. The van der Waals surface area contributed by atoms with E-state index in [-0.39, 0.29) is 24.4 Å². The highest BCUT2D eigenvalue weighted by Gasteiger charge is 2.23. The van der Waals surface area contributed by atoms with Crippen LogP contribution in [0.5, 0.6) is 0 Å². The molecule has 1 fully saturated rings. The molecule has 0 radical (unpaired) electrons. The van der Waals surface area contributed by atoms with Gasteiger partial charge >= 0.3 is 0 Å². The van der Waals surface area contributed by atoms with E-state index in [1.165, 1.54) is 5.56 Å². The SMILES string of the molecule is C=C(C)C(=O)NCC(=O)NC1CCN(Cc2ccccc2)C1. The van der Waals surface area contributed by atoms with Gasteiger partial charge in [-0.1, -0.05) is 36.9 Å². The van der Waals surface area contributed by atoms with Gasteiger partial charge in [-0.2, -0.15) is 0 Å². The Morgan fingerprint density at radius 1 is 1.32 bits per heavy atom. The Bertz CT molecular complexity index is 542. The summed E-state index contributed by atoms with van der Waals surface area (Å²) in [5, 5.41) is 5.51. The molecule has 0 spiro atoms. The van der Waals surface area contributed by atoms with E-state index in [0.29, 0.717) is 5.57 Å². The third-order valence-corrected chi connectivity index (χ3v) is 3.68. The molecule has 1 heterocycles. The zero-order valence-electron chi connectivity index (χ0n) is 13.0. The lowest BCUT2D eigenvalue weighted by atomic mass is 10.2. The second-order valence-corrected chi connectivity index (χ2v) is 5.74. The first-order valence-electron chi connectivity index (χ1n) is 7.54. The Balaban J connectivity index is 1.71. The van der Waals surface area contributed by atoms with Crippen LogP contribution in [-0.4, -0.2) is 42.4 Å². The molecular weight excluding hydrogens is 278 g/mol. The van der Waals surface area contributed by atoms with Gasteiger partial charge in [0.2, 0.25) is 11.8 Å². The van der Waals surface area contributed by atoms with E-state index in [9.17, 15) is 9.59 Å². The molecule has 2 rings (SSSR count). The lowest BCUT2D eigenvalue weighted by molar-refractivity contribution is -0.124. The van der Waals surface area contributed by atoms with Crippen LogP contribution in [0.1, 0.15) is 18.9 Å². The summed E-state index contributed by atoms with van der Waals surface area (Å²) in [6.45, 7) is 7.87. The van der Waals surface area contributed by atoms with Crippen LogP contribution >= 0.6 is 0 Å². The van der Waals surface area contributed by atoms with Crippen molar-refractivity contribution in [2.24, 2.45) is 0 Å². The smallest absolute Gasteiger partial charge is 0.246 e. The third-order valence-electron chi connectivity index (χ3n) is 3.68. The van der Waals surface area contributed by atoms with E-state index in [4.69, 9.17) is 0 Å². The predicted octanol–water partition coefficient (Wildman–Crippen LogP) is 1.07. The predicted molar refractivity (Wildman–Crippen MR) is 86.1 cm³/mol. The first-order chi connectivity index (χ1) is 10.5. The fraction of sp³-hybridized carbons (Fsp3) is 0.412. The average Bonchev–Trinajstić information content (AvgIpc) is 2.92. The number of carbonyl (C=O) groups excluding carboxylic acids is 2. The van der Waals surface area contributed by atoms with Crippen molar-refractivity contribution >= 4 is 11.8 Å². The van der Waals surface area contributed by atoms with Gasteiger partial charge in [-0.15, -0.1) is 0 Å². The number of hydrogen-bond acceptors (Lipinski definition) is 3. The van der Waals surface area contributed by atoms with Crippen LogP contribution in [0.4, 0.5) is 0 Å². The van der Waals surface area contributed by atoms with Crippen molar-refractivity contribution in [3.8, 4) is 0 Å². The maximum absolute atomic E-state index is 11.8. The van der Waals surface area contributed by atoms with Gasteiger partial charge in [-0.25, -0.2) is 0 Å². The molecule has 1 aromatic rings. The highest BCUT2D eigenvalue weighted by molar-refractivity contribution is 5.94. The summed E-state index contributed by atoms with van der Waals surface area (Å²) < 4.78 is 0. The van der Waals surface area contributed by atoms with Crippen molar-refractivity contribution in [2.75, 3.05) is 19.6 Å². The molecule has 118 valence electrons. The molecule has 1 unspecified atom stereocenters. The maximum Gasteiger partial charge on any atom is 0.246 e. The van der Waals surface area contributed by atoms with Crippen molar-refractivity contribution in [2.45, 2.75) is 25.9 Å². The minimum atomic E-state index is -0.285. The number of benzene rings is 1. The molecular formula is C17H23N3O2. The van der Waals surface area contributed by atoms with Crippen molar-refractivity contribution in [1.82, 2.24) is 15.5 Å². The van der Waals surface area contributed by atoms with Crippen LogP contribution in [0, 0.1) is 0 Å². The Kier molecular flexibility index (Phi) is 5.72. The van der Waals surface area contributed by atoms with Gasteiger partial charge in [0, 0.05) is 31.2 Å². The first-order valence-corrected chi connectivity index (χ1v) is 7.54. The van der Waals surface area contributed by atoms with E-state index in [1.807, 2.05) is 18.2 Å². The minimum absolute atomic E-state index is 0.000872. The lowest BCUT2D eigenvalue weighted by Gasteiger charge is -2.17. The quantitative estimate of drug-likeness (QED) is 0.773. The summed E-state index contributed by atoms with van der Waals surface area (Å²) in [6, 6.07) is 10.5. The Morgan fingerprint density at radius 2 is 2.05 bits per heavy atom. The topological polar surface area (TPSA) is 61.4 Å². The molecule has 5 nitrogen and oxygen atoms in total. The fourth-order valence-electron chi connectivity index (χ4n) is 2.53. The molecule has 2 N–H and O–H groups in total. The van der Waals surface area contributed by atoms with Gasteiger partial charge in [0.1, 0.15) is 0 Å². The molecule has 2 amide bonds. The largest absolute Gasteiger partial charge is 0.350 e. The number of likely N-dealkylation sites (tertiary alicyclic amines) is 1. The number of hydrogen-bond donors (Lipinski definition) is 2. The van der Waals surface area contributed by atoms with Crippen LogP contribution in [0.25, 0.3) is 0 Å². The molecule has 1 aliphatic rings. The highest BCUT2D eigenvalue weighted by atomic mass is 16.2. The van der Waals surface area contributed by atoms with Crippen LogP contribution < -0.4 is 10.6 Å². The summed E-state index contributed by atoms with van der Waals surface area (Å²) >= 11 is 0. The van der Waals surface area contributed by atoms with Gasteiger partial charge < -0.3 is 10.6 Å². The second-order valence-electron chi connectivity index (χ2n) is 5.74. The zero-order chi connectivity index (χ0) is 15.9. The second kappa shape index (κ2) is 7.75. The molecule has 0 bridgehead atoms. The van der Waals surface area contributed by atoms with Crippen molar-refractivity contribution in [1.29, 1.82) is 0 Å². The van der Waals surface area contributed by atoms with Crippen LogP contribution in [0.3, 0.4) is 0 Å². The van der Waals surface area contributed by atoms with E-state index < -0.39 is 0 Å². The molecule has 1 aliphatic heterocycles. The van der Waals surface area contributed by atoms with E-state index >= 15 is 0 Å². The Morgan fingerprint density at radius 3 is 2.73 bits per heavy atom. The molecule has 1 saturated heterocycles. The first kappa shape index (κ1) is 16.2. The fourth-order valence-corrected chi connectivity index (χ4v) is 2.53. The van der Waals surface area contributed by atoms with Crippen LogP contribution in [0.15, 0.2) is 42.5 Å². The van der Waals surface area contributed by atoms with Crippen molar-refractivity contribution < 1.29 is 9.59 Å². The number of carbonyl (C=O) groups is 2. The summed E-state index contributed by atoms with van der Waals surface area (Å²) in [7, 11) is 0. The Labute approximate surface area is 131 Å². The van der Waals surface area contributed by atoms with Gasteiger partial charge in [-0.3, -0.25) is 14.5 Å². The minimum Gasteiger partial charge on any atom is -0.350 e. The van der Waals surface area contributed by atoms with Crippen molar-refractivity contribution in [3.63, 3.8) is 0 Å². The summed E-state index contributed by atoms with van der Waals surface area (Å²) in [5.41, 5.74) is 1.69. The van der Waals surface area contributed by atoms with Crippen molar-refractivity contribution in [3.05, 3.63) is 48.0 Å². The molecule has 0 saturated carbocycles. The molecule has 1 atom stereocenters. The number of nitrogens with one attached hydrogen (secondary N) is 2. The molecule has 1 aromatic carbocycles. The number of rotatable bonds is 6.